The van der Waals surface area contributed by atoms with E-state index in [1.54, 1.807) is 0 Å². The topological polar surface area (TPSA) is 30.5 Å². The highest BCUT2D eigenvalue weighted by Crippen LogP contribution is 2.27. The zero-order valence-corrected chi connectivity index (χ0v) is 17.3. The summed E-state index contributed by atoms with van der Waals surface area (Å²) in [4.78, 5) is 2.57. The maximum atomic E-state index is 6.13. The largest absolute Gasteiger partial charge is 0.303 e. The van der Waals surface area contributed by atoms with Gasteiger partial charge in [0.1, 0.15) is 0 Å². The van der Waals surface area contributed by atoms with Gasteiger partial charge >= 0.3 is 0 Å². The Bertz CT molecular complexity index is 803. The number of nitrogens with one attached hydrogen (secondary N) is 2. The van der Waals surface area contributed by atoms with Gasteiger partial charge in [-0.1, -0.05) is 53.5 Å². The van der Waals surface area contributed by atoms with Gasteiger partial charge in [-0.2, -0.15) is 0 Å². The SMILES string of the molecule is Clc1ccc(N2C=CC(NC3CCN(CCc4ccccc4)CC3)N2)cc1Cl. The van der Waals surface area contributed by atoms with Gasteiger partial charge in [0.2, 0.25) is 0 Å². The molecule has 1 fully saturated rings. The summed E-state index contributed by atoms with van der Waals surface area (Å²) in [5.41, 5.74) is 5.85. The van der Waals surface area contributed by atoms with Crippen LogP contribution < -0.4 is 15.8 Å². The van der Waals surface area contributed by atoms with Crippen LogP contribution in [0.1, 0.15) is 18.4 Å². The summed E-state index contributed by atoms with van der Waals surface area (Å²) < 4.78 is 0. The van der Waals surface area contributed by atoms with Crippen LogP contribution in [0, 0.1) is 0 Å². The Balaban J connectivity index is 1.20. The van der Waals surface area contributed by atoms with E-state index in [2.05, 4.69) is 52.1 Å². The van der Waals surface area contributed by atoms with Crippen molar-refractivity contribution < 1.29 is 0 Å². The van der Waals surface area contributed by atoms with Crippen molar-refractivity contribution in [2.45, 2.75) is 31.5 Å². The summed E-state index contributed by atoms with van der Waals surface area (Å²) in [5, 5.41) is 6.83. The number of nitrogens with zero attached hydrogens (tertiary/aromatic N) is 2. The van der Waals surface area contributed by atoms with E-state index in [1.807, 2.05) is 29.4 Å². The van der Waals surface area contributed by atoms with E-state index in [4.69, 9.17) is 23.2 Å². The minimum Gasteiger partial charge on any atom is -0.303 e. The van der Waals surface area contributed by atoms with Crippen LogP contribution in [0.15, 0.2) is 60.8 Å². The van der Waals surface area contributed by atoms with Gasteiger partial charge in [0.25, 0.3) is 0 Å². The highest BCUT2D eigenvalue weighted by atomic mass is 35.5. The number of hydrogen-bond acceptors (Lipinski definition) is 4. The highest BCUT2D eigenvalue weighted by molar-refractivity contribution is 6.42. The third-order valence-electron chi connectivity index (χ3n) is 5.45. The molecule has 2 aliphatic heterocycles. The van der Waals surface area contributed by atoms with E-state index in [0.717, 1.165) is 31.7 Å². The Hall–Kier alpha value is -1.56. The molecule has 1 saturated heterocycles. The van der Waals surface area contributed by atoms with Crippen molar-refractivity contribution in [3.63, 3.8) is 0 Å². The maximum Gasteiger partial charge on any atom is 0.0963 e. The zero-order valence-electron chi connectivity index (χ0n) is 15.8. The van der Waals surface area contributed by atoms with Gasteiger partial charge in [-0.05, 0) is 62.2 Å². The van der Waals surface area contributed by atoms with Crippen LogP contribution in [0.5, 0.6) is 0 Å². The number of benzene rings is 2. The van der Waals surface area contributed by atoms with Crippen molar-refractivity contribution in [1.29, 1.82) is 0 Å². The van der Waals surface area contributed by atoms with Gasteiger partial charge in [0.05, 0.1) is 21.9 Å². The molecule has 2 aliphatic rings. The van der Waals surface area contributed by atoms with E-state index in [9.17, 15) is 0 Å². The van der Waals surface area contributed by atoms with Crippen LogP contribution in [0.3, 0.4) is 0 Å². The fourth-order valence-electron chi connectivity index (χ4n) is 3.81. The van der Waals surface area contributed by atoms with Crippen LogP contribution in [-0.4, -0.2) is 36.7 Å². The minimum absolute atomic E-state index is 0.135. The number of anilines is 1. The summed E-state index contributed by atoms with van der Waals surface area (Å²) in [6, 6.07) is 16.9. The molecule has 0 saturated carbocycles. The lowest BCUT2D eigenvalue weighted by Crippen LogP contribution is -2.51. The van der Waals surface area contributed by atoms with Crippen LogP contribution >= 0.6 is 23.2 Å². The number of halogens is 2. The highest BCUT2D eigenvalue weighted by Gasteiger charge is 2.23. The first kappa shape index (κ1) is 19.7. The van der Waals surface area contributed by atoms with Crippen LogP contribution in [0.2, 0.25) is 10.0 Å². The summed E-state index contributed by atoms with van der Waals surface area (Å²) >= 11 is 12.1. The molecule has 0 spiro atoms. The minimum atomic E-state index is 0.135. The van der Waals surface area contributed by atoms with Gasteiger partial charge in [-0.3, -0.25) is 10.3 Å². The second kappa shape index (κ2) is 9.29. The number of rotatable bonds is 6. The zero-order chi connectivity index (χ0) is 19.3. The van der Waals surface area contributed by atoms with Crippen LogP contribution in [0.4, 0.5) is 5.69 Å². The van der Waals surface area contributed by atoms with Crippen molar-refractivity contribution in [3.05, 3.63) is 76.4 Å². The van der Waals surface area contributed by atoms with Crippen molar-refractivity contribution in [3.8, 4) is 0 Å². The van der Waals surface area contributed by atoms with Crippen molar-refractivity contribution in [2.24, 2.45) is 0 Å². The molecular weight excluding hydrogens is 391 g/mol. The standard InChI is InChI=1S/C22H26Cl2N4/c23-20-7-6-19(16-21(20)24)28-15-11-22(26-28)25-18-9-13-27(14-10-18)12-8-17-4-2-1-3-5-17/h1-7,11,15-16,18,22,25-26H,8-10,12-14H2. The molecular formula is C22H26Cl2N4. The summed E-state index contributed by atoms with van der Waals surface area (Å²) in [6.07, 6.45) is 7.79. The molecule has 4 nitrogen and oxygen atoms in total. The van der Waals surface area contributed by atoms with Crippen molar-refractivity contribution in [2.75, 3.05) is 24.6 Å². The number of hydrogen-bond donors (Lipinski definition) is 2. The van der Waals surface area contributed by atoms with E-state index in [-0.39, 0.29) is 6.17 Å². The van der Waals surface area contributed by atoms with Crippen LogP contribution in [0.25, 0.3) is 0 Å². The molecule has 2 aromatic carbocycles. The molecule has 4 rings (SSSR count). The van der Waals surface area contributed by atoms with Gasteiger partial charge in [0.15, 0.2) is 0 Å². The number of hydrazine groups is 1. The summed E-state index contributed by atoms with van der Waals surface area (Å²) in [7, 11) is 0. The normalized spacial score (nSPS) is 20.8. The fraction of sp³-hybridized carbons (Fsp3) is 0.364. The van der Waals surface area contributed by atoms with E-state index >= 15 is 0 Å². The quantitative estimate of drug-likeness (QED) is 0.727. The molecule has 0 amide bonds. The first-order valence-electron chi connectivity index (χ1n) is 9.88. The second-order valence-corrected chi connectivity index (χ2v) is 8.25. The molecule has 2 N–H and O–H groups in total. The Morgan fingerprint density at radius 2 is 1.79 bits per heavy atom. The van der Waals surface area contributed by atoms with Gasteiger partial charge in [0, 0.05) is 18.8 Å². The third kappa shape index (κ3) is 5.07. The van der Waals surface area contributed by atoms with Crippen molar-refractivity contribution >= 4 is 28.9 Å². The lowest BCUT2D eigenvalue weighted by Gasteiger charge is -2.34. The molecule has 148 valence electrons. The van der Waals surface area contributed by atoms with E-state index < -0.39 is 0 Å². The average molecular weight is 417 g/mol. The molecule has 6 heteroatoms. The molecule has 1 unspecified atom stereocenters. The first-order valence-corrected chi connectivity index (χ1v) is 10.6. The van der Waals surface area contributed by atoms with Crippen LogP contribution in [-0.2, 0) is 6.42 Å². The molecule has 0 bridgehead atoms. The predicted octanol–water partition coefficient (Wildman–Crippen LogP) is 4.45. The Labute approximate surface area is 177 Å². The van der Waals surface area contributed by atoms with E-state index in [0.29, 0.717) is 16.1 Å². The summed E-state index contributed by atoms with van der Waals surface area (Å²) in [6.45, 7) is 3.44. The predicted molar refractivity (Wildman–Crippen MR) is 118 cm³/mol. The molecule has 0 aliphatic carbocycles. The fourth-order valence-corrected chi connectivity index (χ4v) is 4.10. The molecule has 0 aromatic heterocycles. The Kier molecular flexibility index (Phi) is 6.55. The average Bonchev–Trinajstić information content (AvgIpc) is 3.19. The monoisotopic (exact) mass is 416 g/mol. The third-order valence-corrected chi connectivity index (χ3v) is 6.19. The Morgan fingerprint density at radius 3 is 2.54 bits per heavy atom. The lowest BCUT2D eigenvalue weighted by molar-refractivity contribution is 0.193. The maximum absolute atomic E-state index is 6.13. The van der Waals surface area contributed by atoms with Gasteiger partial charge < -0.3 is 4.90 Å². The molecule has 2 aromatic rings. The summed E-state index contributed by atoms with van der Waals surface area (Å²) in [5.74, 6) is 0. The van der Waals surface area contributed by atoms with Crippen molar-refractivity contribution in [1.82, 2.24) is 15.6 Å². The second-order valence-electron chi connectivity index (χ2n) is 7.43. The first-order chi connectivity index (χ1) is 13.7. The molecule has 28 heavy (non-hydrogen) atoms. The van der Waals surface area contributed by atoms with E-state index in [1.165, 1.54) is 18.4 Å². The molecule has 2 heterocycles. The Morgan fingerprint density at radius 1 is 1.00 bits per heavy atom. The lowest BCUT2D eigenvalue weighted by atomic mass is 10.0. The number of likely N-dealkylation sites (tertiary alicyclic amines) is 1. The van der Waals surface area contributed by atoms with Gasteiger partial charge in [-0.25, -0.2) is 5.43 Å². The smallest absolute Gasteiger partial charge is 0.0963 e. The molecule has 0 radical (unpaired) electrons. The molecule has 1 atom stereocenters. The number of piperidine rings is 1. The van der Waals surface area contributed by atoms with Gasteiger partial charge in [-0.15, -0.1) is 0 Å².